The molecule has 2 aromatic rings. The number of nitrogens with one attached hydrogen (secondary N) is 2. The first-order valence-corrected chi connectivity index (χ1v) is 5.80. The fourth-order valence-electron chi connectivity index (χ4n) is 1.10. The second-order valence-electron chi connectivity index (χ2n) is 3.24. The Hall–Kier alpha value is -1.47. The third-order valence-electron chi connectivity index (χ3n) is 2.12. The Morgan fingerprint density at radius 2 is 2.38 bits per heavy atom. The van der Waals surface area contributed by atoms with E-state index in [0.29, 0.717) is 18.5 Å². The standard InChI is InChI=1S/C9H13N5OS/c1-6(10-2)8-13-14-9(15-8)12-5-7-11-3-4-16-7/h3-4,6,10H,5H2,1-2H3,(H,12,14). The fraction of sp³-hybridized carbons (Fsp3) is 0.444. The second kappa shape index (κ2) is 5.04. The van der Waals surface area contributed by atoms with Gasteiger partial charge in [0.25, 0.3) is 0 Å². The third-order valence-corrected chi connectivity index (χ3v) is 2.90. The lowest BCUT2D eigenvalue weighted by molar-refractivity contribution is 0.441. The van der Waals surface area contributed by atoms with Crippen molar-refractivity contribution in [1.29, 1.82) is 0 Å². The molecule has 2 heterocycles. The molecule has 0 saturated carbocycles. The molecule has 0 aliphatic rings. The van der Waals surface area contributed by atoms with Crippen LogP contribution in [0.25, 0.3) is 0 Å². The highest BCUT2D eigenvalue weighted by Crippen LogP contribution is 2.14. The van der Waals surface area contributed by atoms with Gasteiger partial charge < -0.3 is 15.1 Å². The third kappa shape index (κ3) is 2.56. The Bertz CT molecular complexity index is 427. The molecule has 2 N–H and O–H groups in total. The molecule has 0 bridgehead atoms. The monoisotopic (exact) mass is 239 g/mol. The van der Waals surface area contributed by atoms with E-state index >= 15 is 0 Å². The summed E-state index contributed by atoms with van der Waals surface area (Å²) in [6, 6.07) is 0.482. The Kier molecular flexibility index (Phi) is 3.47. The number of thiazole rings is 1. The molecular weight excluding hydrogens is 226 g/mol. The van der Waals surface area contributed by atoms with Crippen molar-refractivity contribution in [3.05, 3.63) is 22.5 Å². The average Bonchev–Trinajstić information content (AvgIpc) is 2.96. The van der Waals surface area contributed by atoms with Crippen molar-refractivity contribution in [2.75, 3.05) is 12.4 Å². The minimum atomic E-state index is 0.0583. The molecule has 16 heavy (non-hydrogen) atoms. The molecule has 7 heteroatoms. The smallest absolute Gasteiger partial charge is 0.315 e. The summed E-state index contributed by atoms with van der Waals surface area (Å²) < 4.78 is 5.42. The number of hydrogen-bond acceptors (Lipinski definition) is 7. The van der Waals surface area contributed by atoms with Crippen molar-refractivity contribution >= 4 is 17.4 Å². The summed E-state index contributed by atoms with van der Waals surface area (Å²) >= 11 is 1.58. The highest BCUT2D eigenvalue weighted by Gasteiger charge is 2.11. The van der Waals surface area contributed by atoms with E-state index in [4.69, 9.17) is 4.42 Å². The van der Waals surface area contributed by atoms with Gasteiger partial charge in [-0.3, -0.25) is 0 Å². The number of nitrogens with zero attached hydrogens (tertiary/aromatic N) is 3. The predicted molar refractivity (Wildman–Crippen MR) is 61.2 cm³/mol. The quantitative estimate of drug-likeness (QED) is 0.821. The first-order chi connectivity index (χ1) is 7.79. The van der Waals surface area contributed by atoms with Crippen LogP contribution in [0.5, 0.6) is 0 Å². The van der Waals surface area contributed by atoms with Gasteiger partial charge in [-0.2, -0.15) is 0 Å². The van der Waals surface area contributed by atoms with Crippen LogP contribution in [0.4, 0.5) is 6.01 Å². The molecule has 2 aromatic heterocycles. The Morgan fingerprint density at radius 3 is 3.06 bits per heavy atom. The van der Waals surface area contributed by atoms with E-state index in [1.807, 2.05) is 19.4 Å². The average molecular weight is 239 g/mol. The number of hydrogen-bond donors (Lipinski definition) is 2. The summed E-state index contributed by atoms with van der Waals surface area (Å²) in [6.07, 6.45) is 1.77. The van der Waals surface area contributed by atoms with Crippen LogP contribution in [-0.2, 0) is 6.54 Å². The van der Waals surface area contributed by atoms with Gasteiger partial charge in [0.2, 0.25) is 5.89 Å². The highest BCUT2D eigenvalue weighted by molar-refractivity contribution is 7.09. The maximum atomic E-state index is 5.42. The van der Waals surface area contributed by atoms with Crippen LogP contribution in [0.1, 0.15) is 23.9 Å². The lowest BCUT2D eigenvalue weighted by atomic mass is 10.3. The van der Waals surface area contributed by atoms with Crippen molar-refractivity contribution in [2.24, 2.45) is 0 Å². The maximum absolute atomic E-state index is 5.42. The highest BCUT2D eigenvalue weighted by atomic mass is 32.1. The SMILES string of the molecule is CNC(C)c1nnc(NCc2nccs2)o1. The van der Waals surface area contributed by atoms with Gasteiger partial charge in [0.05, 0.1) is 12.6 Å². The summed E-state index contributed by atoms with van der Waals surface area (Å²) in [6.45, 7) is 2.56. The summed E-state index contributed by atoms with van der Waals surface area (Å²) in [7, 11) is 1.84. The van der Waals surface area contributed by atoms with E-state index in [1.165, 1.54) is 0 Å². The number of anilines is 1. The molecule has 86 valence electrons. The Labute approximate surface area is 97.1 Å². The van der Waals surface area contributed by atoms with Crippen LogP contribution in [0.3, 0.4) is 0 Å². The topological polar surface area (TPSA) is 75.9 Å². The molecular formula is C9H13N5OS. The van der Waals surface area contributed by atoms with E-state index in [2.05, 4.69) is 25.8 Å². The number of aromatic nitrogens is 3. The first-order valence-electron chi connectivity index (χ1n) is 4.92. The molecule has 2 rings (SSSR count). The molecule has 0 amide bonds. The van der Waals surface area contributed by atoms with Crippen LogP contribution >= 0.6 is 11.3 Å². The van der Waals surface area contributed by atoms with E-state index in [1.54, 1.807) is 17.5 Å². The van der Waals surface area contributed by atoms with Crippen LogP contribution < -0.4 is 10.6 Å². The largest absolute Gasteiger partial charge is 0.406 e. The van der Waals surface area contributed by atoms with E-state index in [0.717, 1.165) is 5.01 Å². The minimum absolute atomic E-state index is 0.0583. The lowest BCUT2D eigenvalue weighted by Crippen LogP contribution is -2.12. The molecule has 0 radical (unpaired) electrons. The first kappa shape index (κ1) is 11.0. The van der Waals surface area contributed by atoms with Crippen LogP contribution in [0.15, 0.2) is 16.0 Å². The van der Waals surface area contributed by atoms with Crippen molar-refractivity contribution < 1.29 is 4.42 Å². The molecule has 0 aliphatic heterocycles. The molecule has 0 aromatic carbocycles. The normalized spacial score (nSPS) is 12.6. The summed E-state index contributed by atoms with van der Waals surface area (Å²) in [5.74, 6) is 0.573. The van der Waals surface area contributed by atoms with Gasteiger partial charge in [0.15, 0.2) is 0 Å². The Balaban J connectivity index is 1.93. The minimum Gasteiger partial charge on any atom is -0.406 e. The zero-order chi connectivity index (χ0) is 11.4. The van der Waals surface area contributed by atoms with Crippen molar-refractivity contribution in [1.82, 2.24) is 20.5 Å². The zero-order valence-corrected chi connectivity index (χ0v) is 9.91. The molecule has 0 spiro atoms. The van der Waals surface area contributed by atoms with E-state index in [9.17, 15) is 0 Å². The second-order valence-corrected chi connectivity index (χ2v) is 4.21. The maximum Gasteiger partial charge on any atom is 0.315 e. The van der Waals surface area contributed by atoms with E-state index < -0.39 is 0 Å². The summed E-state index contributed by atoms with van der Waals surface area (Å²) in [5, 5.41) is 16.8. The van der Waals surface area contributed by atoms with E-state index in [-0.39, 0.29) is 6.04 Å². The van der Waals surface area contributed by atoms with Crippen molar-refractivity contribution in [3.8, 4) is 0 Å². The van der Waals surface area contributed by atoms with Gasteiger partial charge in [-0.1, -0.05) is 5.10 Å². The molecule has 6 nitrogen and oxygen atoms in total. The molecule has 0 fully saturated rings. The zero-order valence-electron chi connectivity index (χ0n) is 9.10. The van der Waals surface area contributed by atoms with Gasteiger partial charge >= 0.3 is 6.01 Å². The van der Waals surface area contributed by atoms with Crippen LogP contribution in [0, 0.1) is 0 Å². The van der Waals surface area contributed by atoms with Gasteiger partial charge in [-0.15, -0.1) is 16.4 Å². The molecule has 1 unspecified atom stereocenters. The molecule has 0 aliphatic carbocycles. The summed E-state index contributed by atoms with van der Waals surface area (Å²) in [4.78, 5) is 4.14. The van der Waals surface area contributed by atoms with Gasteiger partial charge in [-0.05, 0) is 14.0 Å². The number of rotatable bonds is 5. The van der Waals surface area contributed by atoms with Crippen molar-refractivity contribution in [3.63, 3.8) is 0 Å². The van der Waals surface area contributed by atoms with Crippen LogP contribution in [-0.4, -0.2) is 22.2 Å². The van der Waals surface area contributed by atoms with Gasteiger partial charge in [0.1, 0.15) is 5.01 Å². The fourth-order valence-corrected chi connectivity index (χ4v) is 1.65. The molecule has 0 saturated heterocycles. The van der Waals surface area contributed by atoms with Crippen molar-refractivity contribution in [2.45, 2.75) is 19.5 Å². The predicted octanol–water partition coefficient (Wildman–Crippen LogP) is 1.42. The molecule has 1 atom stereocenters. The lowest BCUT2D eigenvalue weighted by Gasteiger charge is -2.02. The van der Waals surface area contributed by atoms with Gasteiger partial charge in [-0.25, -0.2) is 4.98 Å². The van der Waals surface area contributed by atoms with Crippen LogP contribution in [0.2, 0.25) is 0 Å². The summed E-state index contributed by atoms with van der Waals surface area (Å²) in [5.41, 5.74) is 0. The van der Waals surface area contributed by atoms with Gasteiger partial charge in [0, 0.05) is 11.6 Å². The Morgan fingerprint density at radius 1 is 1.50 bits per heavy atom.